The van der Waals surface area contributed by atoms with E-state index in [-0.39, 0.29) is 24.9 Å². The summed E-state index contributed by atoms with van der Waals surface area (Å²) in [5.74, 6) is 0.566. The van der Waals surface area contributed by atoms with Gasteiger partial charge in [-0.25, -0.2) is 18.4 Å². The maximum absolute atomic E-state index is 12.8. The van der Waals surface area contributed by atoms with Crippen LogP contribution in [-0.2, 0) is 23.1 Å². The lowest BCUT2D eigenvalue weighted by Gasteiger charge is -2.19. The molecule has 0 saturated heterocycles. The highest BCUT2D eigenvalue weighted by molar-refractivity contribution is 7.88. The lowest BCUT2D eigenvalue weighted by atomic mass is 10.2. The van der Waals surface area contributed by atoms with E-state index in [1.807, 2.05) is 6.92 Å². The molecular weight excluding hydrogens is 328 g/mol. The van der Waals surface area contributed by atoms with Crippen molar-refractivity contribution in [1.82, 2.24) is 18.8 Å². The molecule has 0 aromatic carbocycles. The predicted octanol–water partition coefficient (Wildman–Crippen LogP) is 1.53. The minimum atomic E-state index is -3.69. The molecule has 3 rings (SSSR count). The largest absolute Gasteiger partial charge is 0.492 e. The molecule has 0 amide bonds. The number of halogens is 1. The minimum absolute atomic E-state index is 0.0420. The van der Waals surface area contributed by atoms with Gasteiger partial charge in [0, 0.05) is 49.9 Å². The molecule has 0 N–H and O–H groups in total. The number of aromatic nitrogens is 3. The Morgan fingerprint density at radius 3 is 3.00 bits per heavy atom. The Morgan fingerprint density at radius 1 is 1.41 bits per heavy atom. The number of imidazole rings is 1. The van der Waals surface area contributed by atoms with Gasteiger partial charge in [0.2, 0.25) is 5.16 Å². The minimum Gasteiger partial charge on any atom is -0.492 e. The van der Waals surface area contributed by atoms with E-state index in [0.717, 1.165) is 0 Å². The zero-order valence-electron chi connectivity index (χ0n) is 11.9. The van der Waals surface area contributed by atoms with Crippen molar-refractivity contribution in [3.8, 4) is 5.75 Å². The Kier molecular flexibility index (Phi) is 4.07. The van der Waals surface area contributed by atoms with Gasteiger partial charge in [-0.05, 0) is 6.92 Å². The van der Waals surface area contributed by atoms with E-state index in [9.17, 15) is 8.42 Å². The van der Waals surface area contributed by atoms with Gasteiger partial charge in [-0.3, -0.25) is 0 Å². The summed E-state index contributed by atoms with van der Waals surface area (Å²) in [5.41, 5.74) is 0.681. The van der Waals surface area contributed by atoms with Crippen molar-refractivity contribution in [1.29, 1.82) is 0 Å². The van der Waals surface area contributed by atoms with Crippen LogP contribution in [-0.4, -0.2) is 40.4 Å². The highest BCUT2D eigenvalue weighted by Gasteiger charge is 2.31. The van der Waals surface area contributed by atoms with Crippen LogP contribution in [0, 0.1) is 0 Å². The van der Waals surface area contributed by atoms with Crippen molar-refractivity contribution in [3.63, 3.8) is 0 Å². The molecule has 0 radical (unpaired) electrons. The van der Waals surface area contributed by atoms with Crippen molar-refractivity contribution >= 4 is 21.6 Å². The Balaban J connectivity index is 1.96. The number of hydrogen-bond acceptors (Lipinski definition) is 5. The molecule has 1 aliphatic heterocycles. The number of ether oxygens (including phenoxy) is 1. The zero-order chi connectivity index (χ0) is 15.7. The van der Waals surface area contributed by atoms with Crippen LogP contribution < -0.4 is 4.74 Å². The zero-order valence-corrected chi connectivity index (χ0v) is 13.5. The van der Waals surface area contributed by atoms with Gasteiger partial charge in [0.15, 0.2) is 0 Å². The van der Waals surface area contributed by atoms with Gasteiger partial charge in [0.25, 0.3) is 10.0 Å². The monoisotopic (exact) mass is 342 g/mol. The molecule has 0 bridgehead atoms. The fourth-order valence-corrected chi connectivity index (χ4v) is 4.00. The van der Waals surface area contributed by atoms with E-state index in [1.54, 1.807) is 16.8 Å². The molecule has 2 aromatic rings. The predicted molar refractivity (Wildman–Crippen MR) is 80.2 cm³/mol. The first kappa shape index (κ1) is 15.3. The molecule has 0 atom stereocenters. The number of pyridine rings is 1. The van der Waals surface area contributed by atoms with E-state index >= 15 is 0 Å². The molecule has 2 aromatic heterocycles. The summed E-state index contributed by atoms with van der Waals surface area (Å²) in [5, 5.41) is 0.358. The number of rotatable bonds is 3. The first-order chi connectivity index (χ1) is 10.5. The lowest BCUT2D eigenvalue weighted by Crippen LogP contribution is -2.34. The fourth-order valence-electron chi connectivity index (χ4n) is 2.31. The van der Waals surface area contributed by atoms with Crippen LogP contribution in [0.1, 0.15) is 12.5 Å². The van der Waals surface area contributed by atoms with Crippen LogP contribution in [0.15, 0.2) is 29.8 Å². The van der Waals surface area contributed by atoms with Crippen molar-refractivity contribution in [3.05, 3.63) is 35.4 Å². The third kappa shape index (κ3) is 2.69. The summed E-state index contributed by atoms with van der Waals surface area (Å²) in [4.78, 5) is 7.98. The van der Waals surface area contributed by atoms with Gasteiger partial charge in [0.05, 0.1) is 0 Å². The first-order valence-electron chi connectivity index (χ1n) is 6.81. The summed E-state index contributed by atoms with van der Waals surface area (Å²) in [6.07, 6.45) is 4.67. The van der Waals surface area contributed by atoms with E-state index in [0.29, 0.717) is 23.0 Å². The second-order valence-electron chi connectivity index (χ2n) is 4.80. The molecular formula is C13H15ClN4O3S. The summed E-state index contributed by atoms with van der Waals surface area (Å²) in [6.45, 7) is 3.07. The number of fused-ring (bicyclic) bond motifs is 1. The van der Waals surface area contributed by atoms with Crippen molar-refractivity contribution in [2.45, 2.75) is 25.2 Å². The Morgan fingerprint density at radius 2 is 2.23 bits per heavy atom. The fraction of sp³-hybridized carbons (Fsp3) is 0.385. The molecule has 0 spiro atoms. The average Bonchev–Trinajstić information content (AvgIpc) is 2.88. The average molecular weight is 343 g/mol. The van der Waals surface area contributed by atoms with E-state index in [4.69, 9.17) is 16.3 Å². The molecule has 7 nitrogen and oxygen atoms in total. The number of hydrogen-bond donors (Lipinski definition) is 0. The van der Waals surface area contributed by atoms with Crippen LogP contribution in [0.3, 0.4) is 0 Å². The normalized spacial score (nSPS) is 15.9. The molecule has 22 heavy (non-hydrogen) atoms. The third-order valence-corrected chi connectivity index (χ3v) is 5.44. The van der Waals surface area contributed by atoms with Gasteiger partial charge >= 0.3 is 0 Å². The molecule has 118 valence electrons. The summed E-state index contributed by atoms with van der Waals surface area (Å²) in [6, 6.07) is 1.60. The lowest BCUT2D eigenvalue weighted by molar-refractivity contribution is 0.291. The van der Waals surface area contributed by atoms with E-state index in [1.165, 1.54) is 16.7 Å². The highest BCUT2D eigenvalue weighted by Crippen LogP contribution is 2.27. The number of aryl methyl sites for hydroxylation is 1. The SMILES string of the molecule is CCn1ccnc1S(=O)(=O)N1CCOc2cc(Cl)ncc2C1. The van der Waals surface area contributed by atoms with Crippen LogP contribution >= 0.6 is 11.6 Å². The topological polar surface area (TPSA) is 77.3 Å². The van der Waals surface area contributed by atoms with Gasteiger partial charge in [-0.15, -0.1) is 0 Å². The Labute approximate surface area is 133 Å². The Hall–Kier alpha value is -1.64. The van der Waals surface area contributed by atoms with E-state index in [2.05, 4.69) is 9.97 Å². The second-order valence-corrected chi connectivity index (χ2v) is 7.02. The first-order valence-corrected chi connectivity index (χ1v) is 8.62. The molecule has 0 unspecified atom stereocenters. The van der Waals surface area contributed by atoms with Gasteiger partial charge in [-0.1, -0.05) is 11.6 Å². The Bertz CT molecular complexity index is 790. The van der Waals surface area contributed by atoms with Crippen molar-refractivity contribution in [2.24, 2.45) is 0 Å². The quantitative estimate of drug-likeness (QED) is 0.791. The second kappa shape index (κ2) is 5.86. The molecule has 0 fully saturated rings. The maximum Gasteiger partial charge on any atom is 0.277 e. The van der Waals surface area contributed by atoms with Crippen LogP contribution in [0.25, 0.3) is 0 Å². The molecule has 0 aliphatic carbocycles. The number of nitrogens with zero attached hydrogens (tertiary/aromatic N) is 4. The maximum atomic E-state index is 12.8. The summed E-state index contributed by atoms with van der Waals surface area (Å²) in [7, 11) is -3.69. The molecule has 3 heterocycles. The highest BCUT2D eigenvalue weighted by atomic mass is 35.5. The van der Waals surface area contributed by atoms with Crippen LogP contribution in [0.4, 0.5) is 0 Å². The third-order valence-electron chi connectivity index (χ3n) is 3.44. The summed E-state index contributed by atoms with van der Waals surface area (Å²) >= 11 is 5.84. The van der Waals surface area contributed by atoms with E-state index < -0.39 is 10.0 Å². The van der Waals surface area contributed by atoms with Crippen molar-refractivity contribution < 1.29 is 13.2 Å². The van der Waals surface area contributed by atoms with Gasteiger partial charge < -0.3 is 9.30 Å². The van der Waals surface area contributed by atoms with Gasteiger partial charge in [-0.2, -0.15) is 4.31 Å². The van der Waals surface area contributed by atoms with Gasteiger partial charge in [0.1, 0.15) is 17.5 Å². The van der Waals surface area contributed by atoms with Crippen molar-refractivity contribution in [2.75, 3.05) is 13.2 Å². The molecule has 0 saturated carbocycles. The van der Waals surface area contributed by atoms with Crippen LogP contribution in [0.5, 0.6) is 5.75 Å². The molecule has 9 heteroatoms. The smallest absolute Gasteiger partial charge is 0.277 e. The van der Waals surface area contributed by atoms with Crippen LogP contribution in [0.2, 0.25) is 5.15 Å². The molecule has 1 aliphatic rings. The number of sulfonamides is 1. The standard InChI is InChI=1S/C13H15ClN4O3S/c1-2-17-4-3-15-13(17)22(19,20)18-5-6-21-11-7-12(14)16-8-10(11)9-18/h3-4,7-8H,2,5-6,9H2,1H3. The summed E-state index contributed by atoms with van der Waals surface area (Å²) < 4.78 is 34.1.